The summed E-state index contributed by atoms with van der Waals surface area (Å²) in [5.74, 6) is 0. The van der Waals surface area contributed by atoms with Gasteiger partial charge in [-0.05, 0) is 24.8 Å². The van der Waals surface area contributed by atoms with Crippen LogP contribution in [-0.4, -0.2) is 20.4 Å². The molecular weight excluding hydrogens is 121 g/mol. The van der Waals surface area contributed by atoms with Crippen LogP contribution in [0.5, 0.6) is 0 Å². The Kier molecular flexibility index (Phi) is 1.73. The molecule has 2 heterocycles. The summed E-state index contributed by atoms with van der Waals surface area (Å²) in [4.78, 5) is 0. The third kappa shape index (κ3) is 1.09. The Hall–Kier alpha value is 0.0249. The Morgan fingerprint density at radius 1 is 1.20 bits per heavy atom. The lowest BCUT2D eigenvalue weighted by Crippen LogP contribution is -2.38. The Balaban J connectivity index is 1.92. The SMILES string of the molecule is B1CCC12CCCCNC2. The maximum Gasteiger partial charge on any atom is 0.129 e. The van der Waals surface area contributed by atoms with E-state index in [1.54, 1.807) is 0 Å². The number of rotatable bonds is 0. The highest BCUT2D eigenvalue weighted by Gasteiger charge is 2.37. The van der Waals surface area contributed by atoms with Crippen LogP contribution in [-0.2, 0) is 0 Å². The molecule has 10 heavy (non-hydrogen) atoms. The molecule has 1 N–H and O–H groups in total. The van der Waals surface area contributed by atoms with Crippen LogP contribution in [0.1, 0.15) is 25.7 Å². The average Bonchev–Trinajstić information content (AvgIpc) is 2.08. The van der Waals surface area contributed by atoms with E-state index < -0.39 is 0 Å². The summed E-state index contributed by atoms with van der Waals surface area (Å²) >= 11 is 0. The quantitative estimate of drug-likeness (QED) is 0.494. The molecule has 2 aliphatic rings. The van der Waals surface area contributed by atoms with Gasteiger partial charge in [-0.3, -0.25) is 0 Å². The van der Waals surface area contributed by atoms with Gasteiger partial charge in [-0.1, -0.05) is 25.6 Å². The molecule has 56 valence electrons. The lowest BCUT2D eigenvalue weighted by molar-refractivity contribution is 0.442. The molecule has 0 aromatic heterocycles. The van der Waals surface area contributed by atoms with Crippen LogP contribution in [0.3, 0.4) is 0 Å². The zero-order valence-electron chi connectivity index (χ0n) is 6.66. The molecule has 0 aromatic rings. The maximum absolute atomic E-state index is 3.54. The average molecular weight is 137 g/mol. The lowest BCUT2D eigenvalue weighted by atomic mass is 9.36. The van der Waals surface area contributed by atoms with Gasteiger partial charge in [0.1, 0.15) is 7.28 Å². The van der Waals surface area contributed by atoms with Crippen molar-refractivity contribution in [1.29, 1.82) is 0 Å². The third-order valence-electron chi connectivity index (χ3n) is 3.22. The van der Waals surface area contributed by atoms with E-state index in [-0.39, 0.29) is 0 Å². The van der Waals surface area contributed by atoms with Crippen molar-refractivity contribution in [2.75, 3.05) is 13.1 Å². The first-order valence-electron chi connectivity index (χ1n) is 4.62. The molecule has 2 heteroatoms. The fourth-order valence-electron chi connectivity index (χ4n) is 2.30. The minimum Gasteiger partial charge on any atom is -0.317 e. The smallest absolute Gasteiger partial charge is 0.129 e. The third-order valence-corrected chi connectivity index (χ3v) is 3.22. The molecule has 0 aromatic carbocycles. The number of hydrogen-bond donors (Lipinski definition) is 1. The second-order valence-electron chi connectivity index (χ2n) is 3.99. The van der Waals surface area contributed by atoms with E-state index in [4.69, 9.17) is 0 Å². The van der Waals surface area contributed by atoms with Gasteiger partial charge in [0.25, 0.3) is 0 Å². The minimum absolute atomic E-state index is 0.774. The second-order valence-corrected chi connectivity index (χ2v) is 3.99. The van der Waals surface area contributed by atoms with E-state index in [9.17, 15) is 0 Å². The van der Waals surface area contributed by atoms with Crippen molar-refractivity contribution in [2.45, 2.75) is 37.3 Å². The van der Waals surface area contributed by atoms with E-state index in [2.05, 4.69) is 5.32 Å². The van der Waals surface area contributed by atoms with Crippen molar-refractivity contribution < 1.29 is 0 Å². The van der Waals surface area contributed by atoms with Crippen LogP contribution in [0.15, 0.2) is 0 Å². The summed E-state index contributed by atoms with van der Waals surface area (Å²) in [5, 5.41) is 4.31. The number of hydrogen-bond acceptors (Lipinski definition) is 1. The first-order valence-corrected chi connectivity index (χ1v) is 4.62. The van der Waals surface area contributed by atoms with E-state index in [1.165, 1.54) is 52.4 Å². The largest absolute Gasteiger partial charge is 0.317 e. The molecule has 0 aliphatic carbocycles. The summed E-state index contributed by atoms with van der Waals surface area (Å²) in [7, 11) is 1.50. The highest BCUT2D eigenvalue weighted by atomic mass is 14.9. The number of nitrogens with one attached hydrogen (secondary N) is 1. The molecular formula is C8H16BN. The zero-order chi connectivity index (χ0) is 6.86. The molecule has 0 radical (unpaired) electrons. The first kappa shape index (κ1) is 6.72. The molecule has 0 bridgehead atoms. The molecule has 2 aliphatic heterocycles. The summed E-state index contributed by atoms with van der Waals surface area (Å²) in [5.41, 5.74) is 0. The van der Waals surface area contributed by atoms with E-state index in [0.717, 1.165) is 5.31 Å². The van der Waals surface area contributed by atoms with Gasteiger partial charge in [0.15, 0.2) is 0 Å². The monoisotopic (exact) mass is 137 g/mol. The van der Waals surface area contributed by atoms with Crippen LogP contribution in [0, 0.1) is 0 Å². The van der Waals surface area contributed by atoms with Crippen molar-refractivity contribution in [2.24, 2.45) is 0 Å². The Morgan fingerprint density at radius 3 is 2.80 bits per heavy atom. The van der Waals surface area contributed by atoms with Gasteiger partial charge >= 0.3 is 0 Å². The zero-order valence-corrected chi connectivity index (χ0v) is 6.66. The molecule has 2 saturated heterocycles. The van der Waals surface area contributed by atoms with Crippen LogP contribution in [0.25, 0.3) is 0 Å². The van der Waals surface area contributed by atoms with E-state index in [1.807, 2.05) is 0 Å². The minimum atomic E-state index is 0.774. The molecule has 1 spiro atoms. The van der Waals surface area contributed by atoms with Gasteiger partial charge in [0.2, 0.25) is 0 Å². The highest BCUT2D eigenvalue weighted by Crippen LogP contribution is 2.46. The Bertz CT molecular complexity index is 110. The fraction of sp³-hybridized carbons (Fsp3) is 1.00. The Morgan fingerprint density at radius 2 is 2.10 bits per heavy atom. The molecule has 0 amide bonds. The van der Waals surface area contributed by atoms with Crippen LogP contribution in [0.2, 0.25) is 11.6 Å². The molecule has 1 unspecified atom stereocenters. The van der Waals surface area contributed by atoms with Crippen LogP contribution >= 0.6 is 0 Å². The van der Waals surface area contributed by atoms with Gasteiger partial charge in [-0.2, -0.15) is 0 Å². The van der Waals surface area contributed by atoms with E-state index in [0.29, 0.717) is 0 Å². The standard InChI is InChI=1S/C8H16BN/c1-2-6-10-7-8(3-1)4-5-9-8/h9-10H,1-7H2. The van der Waals surface area contributed by atoms with Crippen molar-refractivity contribution in [3.63, 3.8) is 0 Å². The van der Waals surface area contributed by atoms with Crippen molar-refractivity contribution >= 4 is 7.28 Å². The lowest BCUT2D eigenvalue weighted by Gasteiger charge is -2.40. The second kappa shape index (κ2) is 2.57. The molecule has 2 rings (SSSR count). The van der Waals surface area contributed by atoms with Crippen molar-refractivity contribution in [3.05, 3.63) is 0 Å². The summed E-state index contributed by atoms with van der Waals surface area (Å²) in [6.45, 7) is 2.58. The Labute approximate surface area is 63.8 Å². The predicted octanol–water partition coefficient (Wildman–Crippen LogP) is 1.18. The van der Waals surface area contributed by atoms with Crippen LogP contribution < -0.4 is 5.32 Å². The van der Waals surface area contributed by atoms with E-state index >= 15 is 0 Å². The highest BCUT2D eigenvalue weighted by molar-refractivity contribution is 6.44. The van der Waals surface area contributed by atoms with Gasteiger partial charge < -0.3 is 5.32 Å². The summed E-state index contributed by atoms with van der Waals surface area (Å²) in [6, 6.07) is 0. The summed E-state index contributed by atoms with van der Waals surface area (Å²) in [6.07, 6.45) is 7.36. The molecule has 1 nitrogen and oxygen atoms in total. The summed E-state index contributed by atoms with van der Waals surface area (Å²) < 4.78 is 0. The molecule has 1 atom stereocenters. The fourth-order valence-corrected chi connectivity index (χ4v) is 2.30. The molecule has 2 fully saturated rings. The topological polar surface area (TPSA) is 12.0 Å². The van der Waals surface area contributed by atoms with Gasteiger partial charge in [-0.25, -0.2) is 0 Å². The van der Waals surface area contributed by atoms with Crippen molar-refractivity contribution in [1.82, 2.24) is 5.32 Å². The first-order chi connectivity index (χ1) is 4.91. The van der Waals surface area contributed by atoms with Gasteiger partial charge in [0.05, 0.1) is 0 Å². The van der Waals surface area contributed by atoms with Gasteiger partial charge in [-0.15, -0.1) is 0 Å². The maximum atomic E-state index is 3.54. The normalized spacial score (nSPS) is 40.0. The van der Waals surface area contributed by atoms with Gasteiger partial charge in [0, 0.05) is 0 Å². The molecule has 0 saturated carbocycles. The van der Waals surface area contributed by atoms with Crippen LogP contribution in [0.4, 0.5) is 0 Å². The predicted molar refractivity (Wildman–Crippen MR) is 46.0 cm³/mol. The van der Waals surface area contributed by atoms with Crippen molar-refractivity contribution in [3.8, 4) is 0 Å².